The number of halogens is 1. The number of aromatic nitrogens is 2. The van der Waals surface area contributed by atoms with Crippen LogP contribution in [0.5, 0.6) is 5.75 Å². The summed E-state index contributed by atoms with van der Waals surface area (Å²) in [5, 5.41) is 3.12. The molecule has 0 radical (unpaired) electrons. The minimum atomic E-state index is -0.359. The Balaban J connectivity index is 1.99. The lowest BCUT2D eigenvalue weighted by molar-refractivity contribution is 0.321. The summed E-state index contributed by atoms with van der Waals surface area (Å²) < 4.78 is 18.7. The number of anilines is 1. The Morgan fingerprint density at radius 3 is 2.89 bits per heavy atom. The van der Waals surface area contributed by atoms with Crippen LogP contribution in [0.15, 0.2) is 24.4 Å². The van der Waals surface area contributed by atoms with Crippen molar-refractivity contribution in [1.29, 1.82) is 0 Å². The first-order valence-electron chi connectivity index (χ1n) is 5.85. The highest BCUT2D eigenvalue weighted by atomic mass is 19.1. The van der Waals surface area contributed by atoms with Crippen molar-refractivity contribution in [2.45, 2.75) is 20.4 Å². The maximum absolute atomic E-state index is 13.6. The predicted octanol–water partition coefficient (Wildman–Crippen LogP) is 2.87. The SMILES string of the molecule is CCOc1ccc(NCc2cnc(C)[nH]2)cc1F. The Hall–Kier alpha value is -2.04. The third-order valence-electron chi connectivity index (χ3n) is 2.47. The molecule has 4 nitrogen and oxygen atoms in total. The molecule has 2 aromatic rings. The van der Waals surface area contributed by atoms with Gasteiger partial charge in [0, 0.05) is 11.8 Å². The van der Waals surface area contributed by atoms with Gasteiger partial charge in [0.05, 0.1) is 25.0 Å². The van der Waals surface area contributed by atoms with Crippen molar-refractivity contribution in [2.24, 2.45) is 0 Å². The van der Waals surface area contributed by atoms with E-state index >= 15 is 0 Å². The molecule has 0 spiro atoms. The first kappa shape index (κ1) is 12.4. The second-order valence-electron chi connectivity index (χ2n) is 3.93. The van der Waals surface area contributed by atoms with Gasteiger partial charge >= 0.3 is 0 Å². The molecule has 0 amide bonds. The maximum Gasteiger partial charge on any atom is 0.167 e. The number of nitrogens with zero attached hydrogens (tertiary/aromatic N) is 1. The number of ether oxygens (including phenoxy) is 1. The van der Waals surface area contributed by atoms with Crippen LogP contribution in [0, 0.1) is 12.7 Å². The summed E-state index contributed by atoms with van der Waals surface area (Å²) in [4.78, 5) is 7.20. The molecule has 0 aliphatic heterocycles. The molecule has 96 valence electrons. The highest BCUT2D eigenvalue weighted by Crippen LogP contribution is 2.21. The van der Waals surface area contributed by atoms with E-state index in [1.807, 2.05) is 13.8 Å². The Labute approximate surface area is 105 Å². The van der Waals surface area contributed by atoms with Gasteiger partial charge in [0.25, 0.3) is 0 Å². The lowest BCUT2D eigenvalue weighted by atomic mass is 10.3. The van der Waals surface area contributed by atoms with Crippen LogP contribution in [-0.2, 0) is 6.54 Å². The van der Waals surface area contributed by atoms with E-state index in [-0.39, 0.29) is 11.6 Å². The number of rotatable bonds is 5. The highest BCUT2D eigenvalue weighted by Gasteiger charge is 2.04. The summed E-state index contributed by atoms with van der Waals surface area (Å²) in [6.45, 7) is 4.75. The molecule has 2 rings (SSSR count). The van der Waals surface area contributed by atoms with E-state index in [2.05, 4.69) is 15.3 Å². The molecule has 0 aliphatic carbocycles. The summed E-state index contributed by atoms with van der Waals surface area (Å²) >= 11 is 0. The fraction of sp³-hybridized carbons (Fsp3) is 0.308. The third-order valence-corrected chi connectivity index (χ3v) is 2.47. The first-order valence-corrected chi connectivity index (χ1v) is 5.85. The normalized spacial score (nSPS) is 10.4. The number of nitrogens with one attached hydrogen (secondary N) is 2. The largest absolute Gasteiger partial charge is 0.491 e. The van der Waals surface area contributed by atoms with Crippen LogP contribution in [0.2, 0.25) is 0 Å². The number of hydrogen-bond acceptors (Lipinski definition) is 3. The van der Waals surface area contributed by atoms with E-state index in [9.17, 15) is 4.39 Å². The van der Waals surface area contributed by atoms with Crippen molar-refractivity contribution in [2.75, 3.05) is 11.9 Å². The Morgan fingerprint density at radius 1 is 1.44 bits per heavy atom. The zero-order chi connectivity index (χ0) is 13.0. The standard InChI is InChI=1S/C13H16FN3O/c1-3-18-13-5-4-10(6-12(13)14)16-8-11-7-15-9(2)17-11/h4-7,16H,3,8H2,1-2H3,(H,15,17). The predicted molar refractivity (Wildman–Crippen MR) is 68.2 cm³/mol. The molecular weight excluding hydrogens is 233 g/mol. The molecular formula is C13H16FN3O. The van der Waals surface area contributed by atoms with Gasteiger partial charge in [0.2, 0.25) is 0 Å². The smallest absolute Gasteiger partial charge is 0.167 e. The van der Waals surface area contributed by atoms with Crippen molar-refractivity contribution >= 4 is 5.69 Å². The second kappa shape index (κ2) is 5.53. The molecule has 1 heterocycles. The number of aromatic amines is 1. The van der Waals surface area contributed by atoms with Crippen LogP contribution >= 0.6 is 0 Å². The van der Waals surface area contributed by atoms with Gasteiger partial charge in [-0.05, 0) is 26.0 Å². The Morgan fingerprint density at radius 2 is 2.28 bits per heavy atom. The molecule has 5 heteroatoms. The molecule has 0 unspecified atom stereocenters. The van der Waals surface area contributed by atoms with Gasteiger partial charge in [0.15, 0.2) is 11.6 Å². The molecule has 0 aliphatic rings. The number of hydrogen-bond donors (Lipinski definition) is 2. The van der Waals surface area contributed by atoms with E-state index in [4.69, 9.17) is 4.74 Å². The average Bonchev–Trinajstić information content (AvgIpc) is 2.76. The molecule has 2 N–H and O–H groups in total. The van der Waals surface area contributed by atoms with Crippen LogP contribution in [0.1, 0.15) is 18.4 Å². The van der Waals surface area contributed by atoms with Gasteiger partial charge in [0.1, 0.15) is 5.82 Å². The lowest BCUT2D eigenvalue weighted by Gasteiger charge is -2.08. The minimum absolute atomic E-state index is 0.278. The maximum atomic E-state index is 13.6. The summed E-state index contributed by atoms with van der Waals surface area (Å²) in [5.74, 6) is 0.785. The fourth-order valence-corrected chi connectivity index (χ4v) is 1.64. The molecule has 0 saturated carbocycles. The molecule has 1 aromatic heterocycles. The van der Waals surface area contributed by atoms with Crippen molar-refractivity contribution in [1.82, 2.24) is 9.97 Å². The lowest BCUT2D eigenvalue weighted by Crippen LogP contribution is -2.01. The first-order chi connectivity index (χ1) is 8.69. The Kier molecular flexibility index (Phi) is 3.82. The Bertz CT molecular complexity index is 525. The van der Waals surface area contributed by atoms with Gasteiger partial charge in [-0.15, -0.1) is 0 Å². The second-order valence-corrected chi connectivity index (χ2v) is 3.93. The van der Waals surface area contributed by atoms with Crippen LogP contribution in [0.3, 0.4) is 0 Å². The molecule has 0 bridgehead atoms. The number of H-pyrrole nitrogens is 1. The summed E-state index contributed by atoms with van der Waals surface area (Å²) in [6, 6.07) is 4.84. The summed E-state index contributed by atoms with van der Waals surface area (Å²) in [6.07, 6.45) is 1.76. The molecule has 1 aromatic carbocycles. The minimum Gasteiger partial charge on any atom is -0.491 e. The van der Waals surface area contributed by atoms with Gasteiger partial charge in [-0.2, -0.15) is 0 Å². The average molecular weight is 249 g/mol. The zero-order valence-electron chi connectivity index (χ0n) is 10.5. The van der Waals surface area contributed by atoms with Gasteiger partial charge in [-0.25, -0.2) is 9.37 Å². The molecule has 18 heavy (non-hydrogen) atoms. The van der Waals surface area contributed by atoms with E-state index in [1.54, 1.807) is 18.3 Å². The molecule has 0 saturated heterocycles. The van der Waals surface area contributed by atoms with Crippen LogP contribution in [0.25, 0.3) is 0 Å². The van der Waals surface area contributed by atoms with Crippen LogP contribution in [-0.4, -0.2) is 16.6 Å². The quantitative estimate of drug-likeness (QED) is 0.856. The van der Waals surface area contributed by atoms with Crippen molar-refractivity contribution in [3.8, 4) is 5.75 Å². The number of aryl methyl sites for hydroxylation is 1. The monoisotopic (exact) mass is 249 g/mol. The van der Waals surface area contributed by atoms with Crippen LogP contribution < -0.4 is 10.1 Å². The van der Waals surface area contributed by atoms with Gasteiger partial charge in [-0.3, -0.25) is 0 Å². The summed E-state index contributed by atoms with van der Waals surface area (Å²) in [7, 11) is 0. The molecule has 0 atom stereocenters. The third kappa shape index (κ3) is 3.00. The van der Waals surface area contributed by atoms with Crippen molar-refractivity contribution < 1.29 is 9.13 Å². The topological polar surface area (TPSA) is 49.9 Å². The van der Waals surface area contributed by atoms with Crippen molar-refractivity contribution in [3.63, 3.8) is 0 Å². The van der Waals surface area contributed by atoms with E-state index in [0.29, 0.717) is 18.8 Å². The van der Waals surface area contributed by atoms with Gasteiger partial charge < -0.3 is 15.0 Å². The van der Waals surface area contributed by atoms with E-state index in [1.165, 1.54) is 6.07 Å². The molecule has 0 fully saturated rings. The van der Waals surface area contributed by atoms with Crippen LogP contribution in [0.4, 0.5) is 10.1 Å². The number of benzene rings is 1. The van der Waals surface area contributed by atoms with Crippen molar-refractivity contribution in [3.05, 3.63) is 41.7 Å². The van der Waals surface area contributed by atoms with E-state index in [0.717, 1.165) is 11.5 Å². The van der Waals surface area contributed by atoms with E-state index < -0.39 is 0 Å². The highest BCUT2D eigenvalue weighted by molar-refractivity contribution is 5.47. The summed E-state index contributed by atoms with van der Waals surface area (Å²) in [5.41, 5.74) is 1.67. The number of imidazole rings is 1. The zero-order valence-corrected chi connectivity index (χ0v) is 10.5. The fourth-order valence-electron chi connectivity index (χ4n) is 1.64. The van der Waals surface area contributed by atoms with Gasteiger partial charge in [-0.1, -0.05) is 0 Å².